The van der Waals surface area contributed by atoms with Gasteiger partial charge in [-0.05, 0) is 61.4 Å². The molecule has 154 valence electrons. The topological polar surface area (TPSA) is 72.5 Å². The van der Waals surface area contributed by atoms with Gasteiger partial charge in [0.05, 0.1) is 29.0 Å². The van der Waals surface area contributed by atoms with Crippen molar-refractivity contribution >= 4 is 27.8 Å². The molecule has 0 bridgehead atoms. The fourth-order valence-corrected chi connectivity index (χ4v) is 4.44. The number of alkyl halides is 3. The lowest BCUT2D eigenvalue weighted by Gasteiger charge is -2.12. The van der Waals surface area contributed by atoms with E-state index in [2.05, 4.69) is 9.46 Å². The number of rotatable bonds is 6. The largest absolute Gasteiger partial charge is 0.465 e. The minimum Gasteiger partial charge on any atom is -0.465 e. The van der Waals surface area contributed by atoms with Gasteiger partial charge in [0.1, 0.15) is 0 Å². The molecule has 1 N–H and O–H groups in total. The van der Waals surface area contributed by atoms with Crippen LogP contribution in [0.2, 0.25) is 0 Å². The van der Waals surface area contributed by atoms with Gasteiger partial charge in [-0.25, -0.2) is 17.9 Å². The lowest BCUT2D eigenvalue weighted by Crippen LogP contribution is -2.24. The Balaban J connectivity index is 0.00000420. The van der Waals surface area contributed by atoms with E-state index in [9.17, 15) is 26.4 Å². The monoisotopic (exact) mass is 435 g/mol. The van der Waals surface area contributed by atoms with Gasteiger partial charge in [0, 0.05) is 6.32 Å². The molecule has 0 spiro atoms. The molecule has 0 aliphatic carbocycles. The van der Waals surface area contributed by atoms with Gasteiger partial charge in [-0.1, -0.05) is 0 Å². The van der Waals surface area contributed by atoms with Crippen molar-refractivity contribution in [3.63, 3.8) is 0 Å². The molecule has 0 fully saturated rings. The molecule has 10 heteroatoms. The van der Waals surface area contributed by atoms with E-state index >= 15 is 0 Å². The number of carbonyl (C=O) groups is 1. The first-order valence-corrected chi connectivity index (χ1v) is 10.4. The van der Waals surface area contributed by atoms with Crippen molar-refractivity contribution in [1.82, 2.24) is 4.72 Å². The number of sulfonamides is 1. The van der Waals surface area contributed by atoms with Gasteiger partial charge in [-0.3, -0.25) is 0 Å². The Hall–Kier alpha value is -2.04. The van der Waals surface area contributed by atoms with Crippen LogP contribution in [-0.4, -0.2) is 27.4 Å². The molecule has 5 nitrogen and oxygen atoms in total. The Morgan fingerprint density at radius 1 is 1.18 bits per heavy atom. The van der Waals surface area contributed by atoms with Crippen LogP contribution in [-0.2, 0) is 20.9 Å². The Morgan fingerprint density at radius 3 is 2.32 bits per heavy atom. The van der Waals surface area contributed by atoms with Crippen LogP contribution in [0.1, 0.15) is 28.5 Å². The minimum atomic E-state index is -4.43. The van der Waals surface area contributed by atoms with E-state index in [4.69, 9.17) is 0 Å². The molecule has 0 aliphatic rings. The lowest BCUT2D eigenvalue weighted by molar-refractivity contribution is -0.137. The predicted octanol–water partition coefficient (Wildman–Crippen LogP) is 4.38. The predicted molar refractivity (Wildman–Crippen MR) is 102 cm³/mol. The molecule has 0 aromatic heterocycles. The molecular formula is C18H20F3NO4S2. The summed E-state index contributed by atoms with van der Waals surface area (Å²) in [6, 6.07) is 7.08. The van der Waals surface area contributed by atoms with E-state index < -0.39 is 27.7 Å². The van der Waals surface area contributed by atoms with Crippen LogP contribution in [0.15, 0.2) is 46.2 Å². The van der Waals surface area contributed by atoms with Crippen LogP contribution in [0.4, 0.5) is 13.2 Å². The van der Waals surface area contributed by atoms with E-state index in [0.29, 0.717) is 16.0 Å². The summed E-state index contributed by atoms with van der Waals surface area (Å²) in [6.45, 7) is 3.36. The second-order valence-electron chi connectivity index (χ2n) is 5.86. The van der Waals surface area contributed by atoms with E-state index in [0.717, 1.165) is 23.9 Å². The molecule has 2 aromatic rings. The maximum absolute atomic E-state index is 12.6. The first-order chi connectivity index (χ1) is 13.0. The number of hydrogen-bond acceptors (Lipinski definition) is 5. The molecule has 0 atom stereocenters. The molecular weight excluding hydrogens is 415 g/mol. The first-order valence-electron chi connectivity index (χ1n) is 7.95. The molecule has 2 aromatic carbocycles. The third kappa shape index (κ3) is 5.27. The fourth-order valence-electron chi connectivity index (χ4n) is 2.32. The van der Waals surface area contributed by atoms with Crippen LogP contribution in [0, 0.1) is 13.8 Å². The van der Waals surface area contributed by atoms with Gasteiger partial charge >= 0.3 is 12.1 Å². The Kier molecular flexibility index (Phi) is 6.79. The number of carbonyl (C=O) groups excluding carboxylic acids is 1. The quantitative estimate of drug-likeness (QED) is 0.414. The summed E-state index contributed by atoms with van der Waals surface area (Å²) in [4.78, 5) is 12.2. The molecule has 28 heavy (non-hydrogen) atoms. The first kappa shape index (κ1) is 22.3. The van der Waals surface area contributed by atoms with Crippen molar-refractivity contribution in [1.29, 1.82) is 0 Å². The summed E-state index contributed by atoms with van der Waals surface area (Å²) >= 11 is 1.03. The van der Waals surface area contributed by atoms with Crippen molar-refractivity contribution in [3.05, 3.63) is 58.7 Å². The van der Waals surface area contributed by atoms with Crippen molar-refractivity contribution in [2.24, 2.45) is 0 Å². The van der Waals surface area contributed by atoms with Gasteiger partial charge in [0.25, 0.3) is 0 Å². The summed E-state index contributed by atoms with van der Waals surface area (Å²) in [7, 11) is -2.72. The van der Waals surface area contributed by atoms with E-state index in [1.165, 1.54) is 31.4 Å². The average Bonchev–Trinajstić information content (AvgIpc) is 2.62. The maximum atomic E-state index is 12.6. The number of aryl methyl sites for hydroxylation is 1. The van der Waals surface area contributed by atoms with E-state index in [1.54, 1.807) is 13.8 Å². The Morgan fingerprint density at radius 2 is 1.79 bits per heavy atom. The number of esters is 1. The lowest BCUT2D eigenvalue weighted by atomic mass is 10.0. The zero-order valence-electron chi connectivity index (χ0n) is 15.3. The number of methoxy groups -OCH3 is 1. The summed E-state index contributed by atoms with van der Waals surface area (Å²) in [6.07, 6.45) is -4.43. The van der Waals surface area contributed by atoms with Gasteiger partial charge in [-0.2, -0.15) is 13.2 Å². The van der Waals surface area contributed by atoms with Crippen molar-refractivity contribution in [2.75, 3.05) is 13.0 Å². The molecule has 0 saturated carbocycles. The molecule has 2 rings (SSSR count). The van der Waals surface area contributed by atoms with Crippen molar-refractivity contribution < 1.29 is 32.5 Å². The molecule has 0 unspecified atom stereocenters. The highest BCUT2D eigenvalue weighted by Gasteiger charge is 2.30. The summed E-state index contributed by atoms with van der Waals surface area (Å²) in [5.41, 5.74) is 0.602. The summed E-state index contributed by atoms with van der Waals surface area (Å²) in [5.74, 6) is -0.731. The second-order valence-corrected chi connectivity index (χ2v) is 8.68. The second kappa shape index (κ2) is 8.54. The minimum absolute atomic E-state index is 0. The Labute approximate surface area is 166 Å². The third-order valence-corrected chi connectivity index (χ3v) is 6.48. The average molecular weight is 435 g/mol. The standard InChI is InChI=1S/C18H18F3NO4S2.H2/c1-11-8-15(9-16(12(11)2)17(23)26-3)28(24,25)22-10-27-14-6-4-13(5-7-14)18(19,20)21;/h4-9,22H,10H2,1-3H3;1H. The molecule has 0 radical (unpaired) electrons. The fraction of sp³-hybridized carbons (Fsp3) is 0.278. The zero-order chi connectivity index (χ0) is 21.1. The van der Waals surface area contributed by atoms with Gasteiger partial charge < -0.3 is 4.74 Å². The highest BCUT2D eigenvalue weighted by Crippen LogP contribution is 2.30. The molecule has 0 heterocycles. The van der Waals surface area contributed by atoms with Crippen molar-refractivity contribution in [2.45, 2.75) is 29.8 Å². The van der Waals surface area contributed by atoms with Gasteiger partial charge in [-0.15, -0.1) is 11.8 Å². The van der Waals surface area contributed by atoms with E-state index in [1.807, 2.05) is 0 Å². The van der Waals surface area contributed by atoms with Crippen LogP contribution in [0.3, 0.4) is 0 Å². The molecule has 0 saturated heterocycles. The number of nitrogens with one attached hydrogen (secondary N) is 1. The number of benzene rings is 2. The molecule has 0 aliphatic heterocycles. The smallest absolute Gasteiger partial charge is 0.416 e. The summed E-state index contributed by atoms with van der Waals surface area (Å²) < 4.78 is 69.7. The highest BCUT2D eigenvalue weighted by molar-refractivity contribution is 8.00. The molecule has 0 amide bonds. The van der Waals surface area contributed by atoms with E-state index in [-0.39, 0.29) is 17.8 Å². The SMILES string of the molecule is COC(=O)c1cc(S(=O)(=O)NCSc2ccc(C(F)(F)F)cc2)cc(C)c1C.[HH]. The zero-order valence-corrected chi connectivity index (χ0v) is 16.9. The normalized spacial score (nSPS) is 12.1. The number of ether oxygens (including phenoxy) is 1. The van der Waals surface area contributed by atoms with Crippen LogP contribution >= 0.6 is 11.8 Å². The number of halogens is 3. The van der Waals surface area contributed by atoms with Crippen LogP contribution in [0.25, 0.3) is 0 Å². The van der Waals surface area contributed by atoms with Crippen LogP contribution in [0.5, 0.6) is 0 Å². The highest BCUT2D eigenvalue weighted by atomic mass is 32.2. The third-order valence-electron chi connectivity index (χ3n) is 4.03. The van der Waals surface area contributed by atoms with Crippen molar-refractivity contribution in [3.8, 4) is 0 Å². The van der Waals surface area contributed by atoms with Gasteiger partial charge in [0.2, 0.25) is 10.0 Å². The van der Waals surface area contributed by atoms with Crippen LogP contribution < -0.4 is 4.72 Å². The number of thioether (sulfide) groups is 1. The maximum Gasteiger partial charge on any atom is 0.416 e. The van der Waals surface area contributed by atoms with Gasteiger partial charge in [0.15, 0.2) is 0 Å². The number of hydrogen-bond donors (Lipinski definition) is 1. The Bertz CT molecular complexity index is 978. The summed E-state index contributed by atoms with van der Waals surface area (Å²) in [5, 5.41) is 0.